The summed E-state index contributed by atoms with van der Waals surface area (Å²) < 4.78 is 12.9. The molecule has 0 radical (unpaired) electrons. The molecule has 1 heterocycles. The summed E-state index contributed by atoms with van der Waals surface area (Å²) in [6.07, 6.45) is 3.35. The zero-order chi connectivity index (χ0) is 13.2. The SMILES string of the molecule is CN(C)C1(CNC(=O)c2cccc(F)n2)CCC1. The lowest BCUT2D eigenvalue weighted by atomic mass is 9.75. The van der Waals surface area contributed by atoms with Gasteiger partial charge in [0.05, 0.1) is 0 Å². The van der Waals surface area contributed by atoms with Crippen molar-refractivity contribution in [3.63, 3.8) is 0 Å². The van der Waals surface area contributed by atoms with Gasteiger partial charge in [-0.15, -0.1) is 0 Å². The quantitative estimate of drug-likeness (QED) is 0.823. The fourth-order valence-corrected chi connectivity index (χ4v) is 2.24. The maximum atomic E-state index is 12.9. The number of pyridine rings is 1. The Hall–Kier alpha value is -1.49. The lowest BCUT2D eigenvalue weighted by molar-refractivity contribution is 0.0556. The van der Waals surface area contributed by atoms with Crippen molar-refractivity contribution in [3.05, 3.63) is 29.8 Å². The van der Waals surface area contributed by atoms with Crippen LogP contribution >= 0.6 is 0 Å². The first-order valence-electron chi connectivity index (χ1n) is 6.12. The predicted molar refractivity (Wildman–Crippen MR) is 66.8 cm³/mol. The highest BCUT2D eigenvalue weighted by atomic mass is 19.1. The Labute approximate surface area is 106 Å². The number of halogens is 1. The van der Waals surface area contributed by atoms with Crippen LogP contribution < -0.4 is 5.32 Å². The van der Waals surface area contributed by atoms with E-state index in [1.807, 2.05) is 14.1 Å². The van der Waals surface area contributed by atoms with Crippen LogP contribution in [0.15, 0.2) is 18.2 Å². The van der Waals surface area contributed by atoms with Crippen molar-refractivity contribution in [2.24, 2.45) is 0 Å². The van der Waals surface area contributed by atoms with Crippen LogP contribution in [0, 0.1) is 5.95 Å². The van der Waals surface area contributed by atoms with Crippen LogP contribution in [0.1, 0.15) is 29.8 Å². The third kappa shape index (κ3) is 2.51. The van der Waals surface area contributed by atoms with Crippen molar-refractivity contribution in [3.8, 4) is 0 Å². The van der Waals surface area contributed by atoms with Gasteiger partial charge < -0.3 is 10.2 Å². The van der Waals surface area contributed by atoms with Crippen LogP contribution in [0.2, 0.25) is 0 Å². The Bertz CT molecular complexity index is 444. The van der Waals surface area contributed by atoms with Crippen molar-refractivity contribution in [1.29, 1.82) is 0 Å². The first kappa shape index (κ1) is 13.0. The van der Waals surface area contributed by atoms with E-state index in [1.54, 1.807) is 0 Å². The number of aromatic nitrogens is 1. The fraction of sp³-hybridized carbons (Fsp3) is 0.538. The van der Waals surface area contributed by atoms with E-state index in [0.29, 0.717) is 6.54 Å². The summed E-state index contributed by atoms with van der Waals surface area (Å²) in [7, 11) is 4.04. The Morgan fingerprint density at radius 3 is 2.72 bits per heavy atom. The molecule has 1 saturated carbocycles. The van der Waals surface area contributed by atoms with Crippen molar-refractivity contribution >= 4 is 5.91 Å². The van der Waals surface area contributed by atoms with E-state index in [4.69, 9.17) is 0 Å². The lowest BCUT2D eigenvalue weighted by Gasteiger charge is -2.47. The number of nitrogens with one attached hydrogen (secondary N) is 1. The standard InChI is InChI=1S/C13H18FN3O/c1-17(2)13(7-4-8-13)9-15-12(18)10-5-3-6-11(14)16-10/h3,5-6H,4,7-9H2,1-2H3,(H,15,18). The molecule has 4 nitrogen and oxygen atoms in total. The number of carbonyl (C=O) groups is 1. The van der Waals surface area contributed by atoms with E-state index < -0.39 is 5.95 Å². The molecule has 1 aliphatic carbocycles. The van der Waals surface area contributed by atoms with Crippen molar-refractivity contribution in [2.75, 3.05) is 20.6 Å². The third-order valence-corrected chi connectivity index (χ3v) is 3.76. The number of amides is 1. The molecule has 1 amide bonds. The van der Waals surface area contributed by atoms with E-state index in [-0.39, 0.29) is 17.1 Å². The number of rotatable bonds is 4. The third-order valence-electron chi connectivity index (χ3n) is 3.76. The van der Waals surface area contributed by atoms with E-state index >= 15 is 0 Å². The molecule has 0 unspecified atom stereocenters. The second-order valence-electron chi connectivity index (χ2n) is 5.00. The molecular formula is C13H18FN3O. The summed E-state index contributed by atoms with van der Waals surface area (Å²) in [5, 5.41) is 2.84. The van der Waals surface area contributed by atoms with Gasteiger partial charge >= 0.3 is 0 Å². The van der Waals surface area contributed by atoms with Gasteiger partial charge in [0.25, 0.3) is 5.91 Å². The van der Waals surface area contributed by atoms with Gasteiger partial charge in [0.15, 0.2) is 0 Å². The van der Waals surface area contributed by atoms with Crippen LogP contribution in [-0.4, -0.2) is 42.0 Å². The van der Waals surface area contributed by atoms with Crippen LogP contribution in [0.3, 0.4) is 0 Å². The van der Waals surface area contributed by atoms with Gasteiger partial charge in [-0.3, -0.25) is 4.79 Å². The van der Waals surface area contributed by atoms with E-state index in [9.17, 15) is 9.18 Å². The molecule has 2 rings (SSSR count). The largest absolute Gasteiger partial charge is 0.349 e. The van der Waals surface area contributed by atoms with Gasteiger partial charge in [-0.2, -0.15) is 4.39 Å². The highest BCUT2D eigenvalue weighted by Crippen LogP contribution is 2.35. The number of hydrogen-bond acceptors (Lipinski definition) is 3. The van der Waals surface area contributed by atoms with Gasteiger partial charge in [-0.05, 0) is 45.5 Å². The Balaban J connectivity index is 1.96. The molecule has 18 heavy (non-hydrogen) atoms. The second kappa shape index (κ2) is 5.02. The molecule has 0 aromatic carbocycles. The minimum Gasteiger partial charge on any atom is -0.349 e. The topological polar surface area (TPSA) is 45.2 Å². The highest BCUT2D eigenvalue weighted by Gasteiger charge is 2.39. The van der Waals surface area contributed by atoms with Gasteiger partial charge in [0, 0.05) is 12.1 Å². The minimum absolute atomic E-state index is 0.0585. The van der Waals surface area contributed by atoms with E-state index in [0.717, 1.165) is 12.8 Å². The Morgan fingerprint density at radius 1 is 1.50 bits per heavy atom. The van der Waals surface area contributed by atoms with Gasteiger partial charge in [0.1, 0.15) is 5.69 Å². The summed E-state index contributed by atoms with van der Waals surface area (Å²) in [6.45, 7) is 0.580. The predicted octanol–water partition coefficient (Wildman–Crippen LogP) is 1.43. The lowest BCUT2D eigenvalue weighted by Crippen LogP contribution is -2.57. The van der Waals surface area contributed by atoms with Crippen LogP contribution in [0.25, 0.3) is 0 Å². The van der Waals surface area contributed by atoms with E-state index in [1.165, 1.54) is 24.6 Å². The molecule has 0 bridgehead atoms. The molecule has 1 aliphatic rings. The minimum atomic E-state index is -0.631. The number of likely N-dealkylation sites (N-methyl/N-ethyl adjacent to an activating group) is 1. The summed E-state index contributed by atoms with van der Waals surface area (Å²) in [4.78, 5) is 17.6. The molecule has 98 valence electrons. The molecule has 1 aromatic heterocycles. The summed E-state index contributed by atoms with van der Waals surface area (Å²) in [6, 6.07) is 4.23. The number of nitrogens with zero attached hydrogens (tertiary/aromatic N) is 2. The average molecular weight is 251 g/mol. The zero-order valence-corrected chi connectivity index (χ0v) is 10.7. The molecule has 5 heteroatoms. The van der Waals surface area contributed by atoms with Gasteiger partial charge in [-0.1, -0.05) is 6.07 Å². The van der Waals surface area contributed by atoms with Crippen LogP contribution in [-0.2, 0) is 0 Å². The summed E-state index contributed by atoms with van der Waals surface area (Å²) >= 11 is 0. The van der Waals surface area contributed by atoms with Gasteiger partial charge in [-0.25, -0.2) is 4.98 Å². The average Bonchev–Trinajstić information content (AvgIpc) is 2.26. The summed E-state index contributed by atoms with van der Waals surface area (Å²) in [5.74, 6) is -0.948. The van der Waals surface area contributed by atoms with Crippen molar-refractivity contribution in [2.45, 2.75) is 24.8 Å². The Morgan fingerprint density at radius 2 is 2.22 bits per heavy atom. The van der Waals surface area contributed by atoms with Gasteiger partial charge in [0.2, 0.25) is 5.95 Å². The molecule has 1 N–H and O–H groups in total. The zero-order valence-electron chi connectivity index (χ0n) is 10.7. The number of hydrogen-bond donors (Lipinski definition) is 1. The molecule has 0 spiro atoms. The highest BCUT2D eigenvalue weighted by molar-refractivity contribution is 5.92. The molecular weight excluding hydrogens is 233 g/mol. The van der Waals surface area contributed by atoms with Crippen molar-refractivity contribution < 1.29 is 9.18 Å². The van der Waals surface area contributed by atoms with Crippen molar-refractivity contribution in [1.82, 2.24) is 15.2 Å². The van der Waals surface area contributed by atoms with Crippen LogP contribution in [0.5, 0.6) is 0 Å². The molecule has 0 saturated heterocycles. The summed E-state index contributed by atoms with van der Waals surface area (Å²) in [5.41, 5.74) is 0.187. The van der Waals surface area contributed by atoms with Crippen LogP contribution in [0.4, 0.5) is 4.39 Å². The molecule has 0 atom stereocenters. The van der Waals surface area contributed by atoms with E-state index in [2.05, 4.69) is 15.2 Å². The first-order valence-corrected chi connectivity index (χ1v) is 6.12. The fourth-order valence-electron chi connectivity index (χ4n) is 2.24. The molecule has 0 aliphatic heterocycles. The monoisotopic (exact) mass is 251 g/mol. The maximum absolute atomic E-state index is 12.9. The number of carbonyl (C=O) groups excluding carboxylic acids is 1. The first-order chi connectivity index (χ1) is 8.53. The normalized spacial score (nSPS) is 17.3. The molecule has 1 aromatic rings. The Kier molecular flexibility index (Phi) is 3.61. The maximum Gasteiger partial charge on any atom is 0.270 e. The second-order valence-corrected chi connectivity index (χ2v) is 5.00. The smallest absolute Gasteiger partial charge is 0.270 e. The molecule has 1 fully saturated rings.